The van der Waals surface area contributed by atoms with Gasteiger partial charge >= 0.3 is 0 Å². The van der Waals surface area contributed by atoms with Crippen LogP contribution in [0.3, 0.4) is 0 Å². The fraction of sp³-hybridized carbons (Fsp3) is 0.429. The number of nitrogens with zero attached hydrogens (tertiary/aromatic N) is 1. The normalized spacial score (nSPS) is 12.7. The summed E-state index contributed by atoms with van der Waals surface area (Å²) in [6, 6.07) is 0. The van der Waals surface area contributed by atoms with Crippen LogP contribution in [0.1, 0.15) is 5.01 Å². The van der Waals surface area contributed by atoms with E-state index in [1.165, 1.54) is 11.3 Å². The lowest BCUT2D eigenvalue weighted by atomic mass is 10.3. The summed E-state index contributed by atoms with van der Waals surface area (Å²) in [6.07, 6.45) is 0.388. The fourth-order valence-electron chi connectivity index (χ4n) is 0.786. The summed E-state index contributed by atoms with van der Waals surface area (Å²) in [4.78, 5) is 14.4. The van der Waals surface area contributed by atoms with Crippen molar-refractivity contribution in [2.75, 3.05) is 6.54 Å². The van der Waals surface area contributed by atoms with Crippen molar-refractivity contribution in [3.05, 3.63) is 15.5 Å². The Hall–Kier alpha value is -0.690. The van der Waals surface area contributed by atoms with E-state index in [1.54, 1.807) is 6.20 Å². The lowest BCUT2D eigenvalue weighted by Gasteiger charge is -2.06. The average molecular weight is 236 g/mol. The molecule has 0 aromatic carbocycles. The number of rotatable bonds is 5. The standard InChI is InChI=1S/C7H10ClN3O2S/c8-5-2-11-6(14-5)3-10-1-4(12)7(9)13/h2,4,10,12H,1,3H2,(H2,9,13). The topological polar surface area (TPSA) is 88.2 Å². The first-order valence-corrected chi connectivity index (χ1v) is 5.07. The third-order valence-electron chi connectivity index (χ3n) is 1.47. The maximum absolute atomic E-state index is 10.4. The van der Waals surface area contributed by atoms with E-state index in [2.05, 4.69) is 10.3 Å². The lowest BCUT2D eigenvalue weighted by molar-refractivity contribution is -0.125. The van der Waals surface area contributed by atoms with Crippen LogP contribution in [0.2, 0.25) is 4.34 Å². The van der Waals surface area contributed by atoms with Gasteiger partial charge in [0.25, 0.3) is 0 Å². The molecule has 0 saturated heterocycles. The number of aliphatic hydroxyl groups is 1. The van der Waals surface area contributed by atoms with Crippen molar-refractivity contribution in [3.8, 4) is 0 Å². The number of thiazole rings is 1. The summed E-state index contributed by atoms with van der Waals surface area (Å²) >= 11 is 7.00. The number of primary amides is 1. The van der Waals surface area contributed by atoms with Gasteiger partial charge in [0.15, 0.2) is 0 Å². The Kier molecular flexibility index (Phi) is 4.27. The van der Waals surface area contributed by atoms with Crippen LogP contribution in [0.4, 0.5) is 0 Å². The molecule has 0 aliphatic heterocycles. The summed E-state index contributed by atoms with van der Waals surface area (Å²) in [5.41, 5.74) is 4.86. The molecule has 1 atom stereocenters. The number of aromatic nitrogens is 1. The van der Waals surface area contributed by atoms with Gasteiger partial charge in [-0.1, -0.05) is 11.6 Å². The summed E-state index contributed by atoms with van der Waals surface area (Å²) in [6.45, 7) is 0.578. The van der Waals surface area contributed by atoms with E-state index in [4.69, 9.17) is 22.4 Å². The molecule has 7 heteroatoms. The van der Waals surface area contributed by atoms with Gasteiger partial charge in [-0.25, -0.2) is 4.98 Å². The molecule has 1 rings (SSSR count). The zero-order valence-electron chi connectivity index (χ0n) is 7.24. The smallest absolute Gasteiger partial charge is 0.247 e. The Morgan fingerprint density at radius 1 is 1.86 bits per heavy atom. The van der Waals surface area contributed by atoms with Gasteiger partial charge in [-0.15, -0.1) is 11.3 Å². The minimum absolute atomic E-state index is 0.118. The summed E-state index contributed by atoms with van der Waals surface area (Å²) in [5.74, 6) is -0.741. The zero-order chi connectivity index (χ0) is 10.6. The molecule has 0 bridgehead atoms. The number of carbonyl (C=O) groups is 1. The molecular weight excluding hydrogens is 226 g/mol. The number of halogens is 1. The van der Waals surface area contributed by atoms with E-state index in [0.29, 0.717) is 10.9 Å². The third kappa shape index (κ3) is 3.59. The molecule has 4 N–H and O–H groups in total. The van der Waals surface area contributed by atoms with Crippen LogP contribution in [0, 0.1) is 0 Å². The highest BCUT2D eigenvalue weighted by molar-refractivity contribution is 7.15. The number of hydrogen-bond acceptors (Lipinski definition) is 5. The quantitative estimate of drug-likeness (QED) is 0.656. The highest BCUT2D eigenvalue weighted by Gasteiger charge is 2.09. The molecule has 1 amide bonds. The Balaban J connectivity index is 2.25. The summed E-state index contributed by atoms with van der Waals surface area (Å²) < 4.78 is 0.609. The van der Waals surface area contributed by atoms with Gasteiger partial charge in [0.1, 0.15) is 15.4 Å². The molecule has 5 nitrogen and oxygen atoms in total. The van der Waals surface area contributed by atoms with Crippen molar-refractivity contribution in [3.63, 3.8) is 0 Å². The molecule has 1 aromatic heterocycles. The zero-order valence-corrected chi connectivity index (χ0v) is 8.81. The third-order valence-corrected chi connectivity index (χ3v) is 2.58. The van der Waals surface area contributed by atoms with Gasteiger partial charge in [-0.2, -0.15) is 0 Å². The molecule has 1 heterocycles. The first-order valence-electron chi connectivity index (χ1n) is 3.88. The molecule has 1 aromatic rings. The molecule has 78 valence electrons. The summed E-state index contributed by atoms with van der Waals surface area (Å²) in [7, 11) is 0. The highest BCUT2D eigenvalue weighted by Crippen LogP contribution is 2.17. The van der Waals surface area contributed by atoms with Crippen LogP contribution in [0.15, 0.2) is 6.20 Å². The molecule has 0 fully saturated rings. The Morgan fingerprint density at radius 2 is 2.57 bits per heavy atom. The molecule has 0 saturated carbocycles. The minimum atomic E-state index is -1.16. The minimum Gasteiger partial charge on any atom is -0.382 e. The van der Waals surface area contributed by atoms with Crippen LogP contribution in [-0.4, -0.2) is 28.6 Å². The molecule has 1 unspecified atom stereocenters. The van der Waals surface area contributed by atoms with Gasteiger partial charge in [0.05, 0.1) is 6.20 Å². The van der Waals surface area contributed by atoms with Crippen molar-refractivity contribution in [2.45, 2.75) is 12.6 Å². The largest absolute Gasteiger partial charge is 0.382 e. The van der Waals surface area contributed by atoms with Crippen molar-refractivity contribution in [1.29, 1.82) is 0 Å². The fourth-order valence-corrected chi connectivity index (χ4v) is 1.71. The van der Waals surface area contributed by atoms with Crippen molar-refractivity contribution in [2.24, 2.45) is 5.73 Å². The Bertz CT molecular complexity index is 318. The van der Waals surface area contributed by atoms with Crippen molar-refractivity contribution >= 4 is 28.8 Å². The van der Waals surface area contributed by atoms with E-state index in [-0.39, 0.29) is 6.54 Å². The Morgan fingerprint density at radius 3 is 3.07 bits per heavy atom. The first kappa shape index (κ1) is 11.4. The van der Waals surface area contributed by atoms with Gasteiger partial charge < -0.3 is 16.2 Å². The maximum Gasteiger partial charge on any atom is 0.247 e. The summed E-state index contributed by atoms with van der Waals surface area (Å²) in [5, 5.41) is 12.7. The van der Waals surface area contributed by atoms with Crippen LogP contribution in [-0.2, 0) is 11.3 Å². The van der Waals surface area contributed by atoms with Gasteiger partial charge in [0, 0.05) is 13.1 Å². The number of hydrogen-bond donors (Lipinski definition) is 3. The Labute approximate surface area is 89.9 Å². The van der Waals surface area contributed by atoms with Gasteiger partial charge in [0.2, 0.25) is 5.91 Å². The average Bonchev–Trinajstić information content (AvgIpc) is 2.51. The first-order chi connectivity index (χ1) is 6.59. The predicted molar refractivity (Wildman–Crippen MR) is 54.0 cm³/mol. The number of nitrogens with two attached hydrogens (primary N) is 1. The second-order valence-electron chi connectivity index (χ2n) is 2.61. The SMILES string of the molecule is NC(=O)C(O)CNCc1ncc(Cl)s1. The highest BCUT2D eigenvalue weighted by atomic mass is 35.5. The van der Waals surface area contributed by atoms with Crippen LogP contribution >= 0.6 is 22.9 Å². The van der Waals surface area contributed by atoms with Crippen LogP contribution in [0.25, 0.3) is 0 Å². The van der Waals surface area contributed by atoms with Gasteiger partial charge in [-0.05, 0) is 0 Å². The van der Waals surface area contributed by atoms with Crippen molar-refractivity contribution < 1.29 is 9.90 Å². The van der Waals surface area contributed by atoms with Crippen molar-refractivity contribution in [1.82, 2.24) is 10.3 Å². The van der Waals surface area contributed by atoms with E-state index < -0.39 is 12.0 Å². The van der Waals surface area contributed by atoms with Crippen LogP contribution in [0.5, 0.6) is 0 Å². The maximum atomic E-state index is 10.4. The second-order valence-corrected chi connectivity index (χ2v) is 4.35. The molecule has 14 heavy (non-hydrogen) atoms. The molecular formula is C7H10ClN3O2S. The molecule has 0 spiro atoms. The molecule has 0 aliphatic rings. The van der Waals surface area contributed by atoms with E-state index in [9.17, 15) is 4.79 Å². The number of carbonyl (C=O) groups excluding carboxylic acids is 1. The van der Waals surface area contributed by atoms with E-state index in [0.717, 1.165) is 5.01 Å². The van der Waals surface area contributed by atoms with E-state index in [1.807, 2.05) is 0 Å². The molecule has 0 aliphatic carbocycles. The van der Waals surface area contributed by atoms with Crippen LogP contribution < -0.4 is 11.1 Å². The number of aliphatic hydroxyl groups excluding tert-OH is 1. The second kappa shape index (κ2) is 5.26. The predicted octanol–water partition coefficient (Wildman–Crippen LogP) is -0.268. The lowest BCUT2D eigenvalue weighted by Crippen LogP contribution is -2.37. The number of amides is 1. The van der Waals surface area contributed by atoms with Gasteiger partial charge in [-0.3, -0.25) is 4.79 Å². The number of nitrogens with one attached hydrogen (secondary N) is 1. The molecule has 0 radical (unpaired) electrons. The van der Waals surface area contributed by atoms with E-state index >= 15 is 0 Å². The monoisotopic (exact) mass is 235 g/mol.